The van der Waals surface area contributed by atoms with Gasteiger partial charge in [0.1, 0.15) is 0 Å². The molecule has 0 aromatic heterocycles. The molecule has 1 aliphatic rings. The van der Waals surface area contributed by atoms with E-state index in [9.17, 15) is 0 Å². The van der Waals surface area contributed by atoms with Gasteiger partial charge in [-0.05, 0) is 52.1 Å². The lowest BCUT2D eigenvalue weighted by Gasteiger charge is -2.23. The quantitative estimate of drug-likeness (QED) is 0.522. The SMILES string of the molecule is Cc1cc2c(cc1C(C)(C)C)Cc1ccccc1-2. The van der Waals surface area contributed by atoms with Crippen molar-refractivity contribution in [3.63, 3.8) is 0 Å². The number of aryl methyl sites for hydroxylation is 1. The van der Waals surface area contributed by atoms with Crippen LogP contribution in [0.15, 0.2) is 36.4 Å². The normalized spacial score (nSPS) is 13.3. The van der Waals surface area contributed by atoms with Crippen molar-refractivity contribution in [2.45, 2.75) is 39.5 Å². The number of fused-ring (bicyclic) bond motifs is 3. The highest BCUT2D eigenvalue weighted by Crippen LogP contribution is 2.40. The van der Waals surface area contributed by atoms with Crippen LogP contribution >= 0.6 is 0 Å². The van der Waals surface area contributed by atoms with Crippen LogP contribution in [0.5, 0.6) is 0 Å². The highest BCUT2D eigenvalue weighted by molar-refractivity contribution is 5.77. The predicted molar refractivity (Wildman–Crippen MR) is 78.1 cm³/mol. The molecule has 0 amide bonds. The number of hydrogen-bond acceptors (Lipinski definition) is 0. The van der Waals surface area contributed by atoms with Gasteiger partial charge in [0.2, 0.25) is 0 Å². The average molecular weight is 236 g/mol. The van der Waals surface area contributed by atoms with Gasteiger partial charge >= 0.3 is 0 Å². The van der Waals surface area contributed by atoms with Gasteiger partial charge in [-0.2, -0.15) is 0 Å². The predicted octanol–water partition coefficient (Wildman–Crippen LogP) is 4.86. The Morgan fingerprint density at radius 2 is 1.61 bits per heavy atom. The first-order valence-electron chi connectivity index (χ1n) is 6.69. The summed E-state index contributed by atoms with van der Waals surface area (Å²) in [5.74, 6) is 0. The van der Waals surface area contributed by atoms with Crippen LogP contribution in [0.4, 0.5) is 0 Å². The zero-order valence-corrected chi connectivity index (χ0v) is 11.7. The zero-order chi connectivity index (χ0) is 12.9. The van der Waals surface area contributed by atoms with Gasteiger partial charge in [0.05, 0.1) is 0 Å². The fraction of sp³-hybridized carbons (Fsp3) is 0.333. The Labute approximate surface area is 110 Å². The Kier molecular flexibility index (Phi) is 2.38. The summed E-state index contributed by atoms with van der Waals surface area (Å²) in [5, 5.41) is 0. The molecule has 92 valence electrons. The number of hydrogen-bond donors (Lipinski definition) is 0. The van der Waals surface area contributed by atoms with Crippen LogP contribution in [0.3, 0.4) is 0 Å². The third-order valence-corrected chi connectivity index (χ3v) is 3.95. The van der Waals surface area contributed by atoms with Crippen molar-refractivity contribution < 1.29 is 0 Å². The molecule has 0 N–H and O–H groups in total. The molecule has 0 bridgehead atoms. The minimum absolute atomic E-state index is 0.230. The van der Waals surface area contributed by atoms with Crippen LogP contribution in [-0.2, 0) is 11.8 Å². The molecule has 0 spiro atoms. The van der Waals surface area contributed by atoms with Gasteiger partial charge in [0.25, 0.3) is 0 Å². The zero-order valence-electron chi connectivity index (χ0n) is 11.7. The molecule has 0 heteroatoms. The summed E-state index contributed by atoms with van der Waals surface area (Å²) in [6, 6.07) is 13.6. The first-order valence-corrected chi connectivity index (χ1v) is 6.69. The Morgan fingerprint density at radius 1 is 0.889 bits per heavy atom. The van der Waals surface area contributed by atoms with Crippen LogP contribution in [0.2, 0.25) is 0 Å². The molecule has 0 saturated heterocycles. The molecule has 0 fully saturated rings. The number of benzene rings is 2. The lowest BCUT2D eigenvalue weighted by atomic mass is 9.82. The molecule has 1 aliphatic carbocycles. The second-order valence-electron chi connectivity index (χ2n) is 6.41. The van der Waals surface area contributed by atoms with Crippen LogP contribution < -0.4 is 0 Å². The summed E-state index contributed by atoms with van der Waals surface area (Å²) < 4.78 is 0. The Morgan fingerprint density at radius 3 is 2.33 bits per heavy atom. The molecule has 2 aromatic rings. The van der Waals surface area contributed by atoms with Gasteiger partial charge in [0.15, 0.2) is 0 Å². The minimum Gasteiger partial charge on any atom is -0.0619 e. The second kappa shape index (κ2) is 3.71. The van der Waals surface area contributed by atoms with E-state index in [1.165, 1.54) is 33.4 Å². The maximum Gasteiger partial charge on any atom is -0.00133 e. The van der Waals surface area contributed by atoms with Crippen molar-refractivity contribution in [3.05, 3.63) is 58.7 Å². The topological polar surface area (TPSA) is 0 Å². The standard InChI is InChI=1S/C18H20/c1-12-9-16-14(11-17(12)18(2,3)4)10-13-7-5-6-8-15(13)16/h5-9,11H,10H2,1-4H3. The van der Waals surface area contributed by atoms with E-state index in [1.807, 2.05) is 0 Å². The van der Waals surface area contributed by atoms with Crippen LogP contribution in [0.25, 0.3) is 11.1 Å². The minimum atomic E-state index is 0.230. The monoisotopic (exact) mass is 236 g/mol. The van der Waals surface area contributed by atoms with Crippen LogP contribution in [0.1, 0.15) is 43.0 Å². The lowest BCUT2D eigenvalue weighted by molar-refractivity contribution is 0.585. The highest BCUT2D eigenvalue weighted by atomic mass is 14.3. The fourth-order valence-electron chi connectivity index (χ4n) is 3.10. The van der Waals surface area contributed by atoms with Crippen molar-refractivity contribution in [1.82, 2.24) is 0 Å². The smallest absolute Gasteiger partial charge is 0.00133 e. The van der Waals surface area contributed by atoms with Gasteiger partial charge in [-0.15, -0.1) is 0 Å². The molecule has 0 heterocycles. The largest absolute Gasteiger partial charge is 0.0619 e. The average Bonchev–Trinajstić information content (AvgIpc) is 2.65. The first kappa shape index (κ1) is 11.5. The second-order valence-corrected chi connectivity index (χ2v) is 6.41. The molecule has 18 heavy (non-hydrogen) atoms. The Hall–Kier alpha value is -1.56. The fourth-order valence-corrected chi connectivity index (χ4v) is 3.10. The summed E-state index contributed by atoms with van der Waals surface area (Å²) in [7, 11) is 0. The van der Waals surface area contributed by atoms with E-state index in [4.69, 9.17) is 0 Å². The summed E-state index contributed by atoms with van der Waals surface area (Å²) in [6.07, 6.45) is 1.09. The summed E-state index contributed by atoms with van der Waals surface area (Å²) in [5.41, 5.74) is 8.96. The van der Waals surface area contributed by atoms with Crippen molar-refractivity contribution >= 4 is 0 Å². The lowest BCUT2D eigenvalue weighted by Crippen LogP contribution is -2.13. The van der Waals surface area contributed by atoms with Gasteiger partial charge in [0, 0.05) is 0 Å². The van der Waals surface area contributed by atoms with E-state index >= 15 is 0 Å². The molecule has 0 nitrogen and oxygen atoms in total. The van der Waals surface area contributed by atoms with Gasteiger partial charge < -0.3 is 0 Å². The van der Waals surface area contributed by atoms with Crippen molar-refractivity contribution in [2.75, 3.05) is 0 Å². The summed E-state index contributed by atoms with van der Waals surface area (Å²) in [4.78, 5) is 0. The van der Waals surface area contributed by atoms with E-state index in [0.29, 0.717) is 0 Å². The van der Waals surface area contributed by atoms with Crippen LogP contribution in [-0.4, -0.2) is 0 Å². The molecule has 2 aromatic carbocycles. The molecule has 0 aliphatic heterocycles. The molecule has 3 rings (SSSR count). The van der Waals surface area contributed by atoms with Crippen LogP contribution in [0, 0.1) is 6.92 Å². The summed E-state index contributed by atoms with van der Waals surface area (Å²) >= 11 is 0. The molecule has 0 atom stereocenters. The molecular formula is C18H20. The third-order valence-electron chi connectivity index (χ3n) is 3.95. The Bertz CT molecular complexity index is 612. The van der Waals surface area contributed by atoms with Gasteiger partial charge in [-0.25, -0.2) is 0 Å². The molecule has 0 radical (unpaired) electrons. The van der Waals surface area contributed by atoms with E-state index in [1.54, 1.807) is 0 Å². The number of rotatable bonds is 0. The van der Waals surface area contributed by atoms with E-state index in [2.05, 4.69) is 64.1 Å². The maximum atomic E-state index is 2.42. The van der Waals surface area contributed by atoms with E-state index < -0.39 is 0 Å². The van der Waals surface area contributed by atoms with E-state index in [-0.39, 0.29) is 5.41 Å². The van der Waals surface area contributed by atoms with Gasteiger partial charge in [-0.3, -0.25) is 0 Å². The van der Waals surface area contributed by atoms with Crippen molar-refractivity contribution in [2.24, 2.45) is 0 Å². The van der Waals surface area contributed by atoms with Crippen molar-refractivity contribution in [3.8, 4) is 11.1 Å². The molecular weight excluding hydrogens is 216 g/mol. The molecule has 0 unspecified atom stereocenters. The first-order chi connectivity index (χ1) is 8.47. The molecule has 0 saturated carbocycles. The van der Waals surface area contributed by atoms with Gasteiger partial charge in [-0.1, -0.05) is 57.2 Å². The highest BCUT2D eigenvalue weighted by Gasteiger charge is 2.23. The summed E-state index contributed by atoms with van der Waals surface area (Å²) in [6.45, 7) is 9.12. The third kappa shape index (κ3) is 1.68. The van der Waals surface area contributed by atoms with E-state index in [0.717, 1.165) is 6.42 Å². The Balaban J connectivity index is 2.20. The maximum absolute atomic E-state index is 2.42. The van der Waals surface area contributed by atoms with Crippen molar-refractivity contribution in [1.29, 1.82) is 0 Å².